The third-order valence-corrected chi connectivity index (χ3v) is 7.08. The van der Waals surface area contributed by atoms with Crippen LogP contribution < -0.4 is 10.1 Å². The van der Waals surface area contributed by atoms with Gasteiger partial charge in [0.25, 0.3) is 0 Å². The third kappa shape index (κ3) is 5.29. The zero-order valence-electron chi connectivity index (χ0n) is 20.4. The number of imidazole rings is 1. The maximum Gasteiger partial charge on any atom is 0.410 e. The van der Waals surface area contributed by atoms with Crippen LogP contribution in [0.1, 0.15) is 30.9 Å². The molecule has 2 atom stereocenters. The van der Waals surface area contributed by atoms with Gasteiger partial charge in [-0.1, -0.05) is 23.7 Å². The molecule has 0 bridgehead atoms. The SMILES string of the molecule is COCCOC(=O)N1CCC2=C(NC3=CC=C(Cl)CC32)C1c1ccc(OCCCn2ccnc2)cc1. The fourth-order valence-electron chi connectivity index (χ4n) is 5.05. The first kappa shape index (κ1) is 24.5. The van der Waals surface area contributed by atoms with E-state index in [-0.39, 0.29) is 24.7 Å². The molecule has 9 heteroatoms. The number of nitrogens with zero attached hydrogens (tertiary/aromatic N) is 3. The Hall–Kier alpha value is -3.23. The van der Waals surface area contributed by atoms with Crippen molar-refractivity contribution >= 4 is 17.7 Å². The smallest absolute Gasteiger partial charge is 0.410 e. The van der Waals surface area contributed by atoms with Gasteiger partial charge < -0.3 is 24.1 Å². The Balaban J connectivity index is 1.32. The molecule has 2 aliphatic heterocycles. The van der Waals surface area contributed by atoms with E-state index >= 15 is 0 Å². The first-order chi connectivity index (χ1) is 17.6. The van der Waals surface area contributed by atoms with E-state index in [2.05, 4.69) is 10.3 Å². The zero-order valence-corrected chi connectivity index (χ0v) is 21.1. The first-order valence-electron chi connectivity index (χ1n) is 12.3. The van der Waals surface area contributed by atoms with Crippen molar-refractivity contribution in [3.8, 4) is 5.75 Å². The summed E-state index contributed by atoms with van der Waals surface area (Å²) in [6.45, 7) is 2.63. The van der Waals surface area contributed by atoms with Gasteiger partial charge in [-0.2, -0.15) is 0 Å². The Kier molecular flexibility index (Phi) is 7.63. The molecule has 36 heavy (non-hydrogen) atoms. The molecule has 3 aliphatic rings. The van der Waals surface area contributed by atoms with Crippen LogP contribution >= 0.6 is 11.6 Å². The first-order valence-corrected chi connectivity index (χ1v) is 12.7. The maximum absolute atomic E-state index is 13.1. The number of carbonyl (C=O) groups excluding carboxylic acids is 1. The van der Waals surface area contributed by atoms with Crippen molar-refractivity contribution in [2.75, 3.05) is 33.5 Å². The van der Waals surface area contributed by atoms with Crippen LogP contribution in [0.5, 0.6) is 5.75 Å². The van der Waals surface area contributed by atoms with Crippen molar-refractivity contribution in [2.45, 2.75) is 31.8 Å². The number of benzene rings is 1. The minimum absolute atomic E-state index is 0.219. The van der Waals surface area contributed by atoms with E-state index in [9.17, 15) is 4.79 Å². The van der Waals surface area contributed by atoms with Crippen molar-refractivity contribution < 1.29 is 19.0 Å². The second-order valence-corrected chi connectivity index (χ2v) is 9.57. The predicted molar refractivity (Wildman–Crippen MR) is 136 cm³/mol. The molecule has 1 amide bonds. The van der Waals surface area contributed by atoms with Crippen LogP contribution in [0, 0.1) is 5.92 Å². The van der Waals surface area contributed by atoms with Crippen LogP contribution in [-0.2, 0) is 16.0 Å². The number of carbonyl (C=O) groups is 1. The van der Waals surface area contributed by atoms with Crippen LogP contribution in [0.3, 0.4) is 0 Å². The summed E-state index contributed by atoms with van der Waals surface area (Å²) in [4.78, 5) is 18.9. The maximum atomic E-state index is 13.1. The van der Waals surface area contributed by atoms with Gasteiger partial charge in [-0.3, -0.25) is 4.90 Å². The lowest BCUT2D eigenvalue weighted by Gasteiger charge is -2.37. The zero-order chi connectivity index (χ0) is 24.9. The molecule has 1 aromatic carbocycles. The molecule has 2 aromatic rings. The molecule has 190 valence electrons. The van der Waals surface area contributed by atoms with Crippen LogP contribution in [-0.4, -0.2) is 54.0 Å². The van der Waals surface area contributed by atoms with Crippen molar-refractivity contribution in [3.05, 3.63) is 82.7 Å². The second kappa shape index (κ2) is 11.2. The number of aryl methyl sites for hydroxylation is 1. The highest BCUT2D eigenvalue weighted by Crippen LogP contribution is 2.47. The van der Waals surface area contributed by atoms with Gasteiger partial charge in [0, 0.05) is 54.9 Å². The lowest BCUT2D eigenvalue weighted by atomic mass is 9.85. The van der Waals surface area contributed by atoms with Crippen molar-refractivity contribution in [2.24, 2.45) is 5.92 Å². The third-order valence-electron chi connectivity index (χ3n) is 6.80. The number of fused-ring (bicyclic) bond motifs is 2. The fraction of sp³-hybridized carbons (Fsp3) is 0.407. The Labute approximate surface area is 216 Å². The molecule has 0 spiro atoms. The van der Waals surface area contributed by atoms with E-state index in [0.717, 1.165) is 53.5 Å². The van der Waals surface area contributed by atoms with Crippen molar-refractivity contribution in [3.63, 3.8) is 0 Å². The van der Waals surface area contributed by atoms with Crippen LogP contribution in [0.15, 0.2) is 77.1 Å². The number of rotatable bonds is 9. The quantitative estimate of drug-likeness (QED) is 0.490. The second-order valence-electron chi connectivity index (χ2n) is 9.08. The van der Waals surface area contributed by atoms with Gasteiger partial charge in [0.15, 0.2) is 0 Å². The summed E-state index contributed by atoms with van der Waals surface area (Å²) in [5.74, 6) is 1.04. The summed E-state index contributed by atoms with van der Waals surface area (Å²) in [5.41, 5.74) is 4.51. The number of halogens is 1. The Morgan fingerprint density at radius 2 is 2.06 bits per heavy atom. The number of methoxy groups -OCH3 is 1. The number of amides is 1. The monoisotopic (exact) mass is 510 g/mol. The standard InChI is InChI=1S/C27H31ClN4O4/c1-34-15-16-36-27(33)32-12-9-22-23-17-20(28)5-8-24(23)30-25(22)26(32)19-3-6-21(7-4-19)35-14-2-11-31-13-10-29-18-31/h3-8,10,13,18,23,26,30H,2,9,11-12,14-17H2,1H3. The molecule has 0 fully saturated rings. The van der Waals surface area contributed by atoms with Gasteiger partial charge in [0.2, 0.25) is 0 Å². The van der Waals surface area contributed by atoms with E-state index in [1.54, 1.807) is 24.5 Å². The van der Waals surface area contributed by atoms with Crippen LogP contribution in [0.4, 0.5) is 4.79 Å². The predicted octanol–water partition coefficient (Wildman–Crippen LogP) is 4.77. The summed E-state index contributed by atoms with van der Waals surface area (Å²) in [5, 5.41) is 4.46. The average molecular weight is 511 g/mol. The summed E-state index contributed by atoms with van der Waals surface area (Å²) in [6, 6.07) is 7.73. The number of hydrogen-bond acceptors (Lipinski definition) is 6. The lowest BCUT2D eigenvalue weighted by molar-refractivity contribution is 0.0623. The van der Waals surface area contributed by atoms with E-state index in [4.69, 9.17) is 25.8 Å². The molecule has 0 radical (unpaired) electrons. The van der Waals surface area contributed by atoms with Crippen LogP contribution in [0.25, 0.3) is 0 Å². The topological polar surface area (TPSA) is 77.9 Å². The van der Waals surface area contributed by atoms with Crippen molar-refractivity contribution in [1.82, 2.24) is 19.8 Å². The molecule has 3 heterocycles. The molecule has 1 N–H and O–H groups in total. The molecule has 1 aromatic heterocycles. The molecule has 0 saturated carbocycles. The summed E-state index contributed by atoms with van der Waals surface area (Å²) >= 11 is 6.37. The minimum Gasteiger partial charge on any atom is -0.494 e. The molecule has 1 aliphatic carbocycles. The molecule has 5 rings (SSSR count). The summed E-state index contributed by atoms with van der Waals surface area (Å²) < 4.78 is 18.5. The summed E-state index contributed by atoms with van der Waals surface area (Å²) in [7, 11) is 1.59. The Morgan fingerprint density at radius 1 is 1.19 bits per heavy atom. The van der Waals surface area contributed by atoms with Gasteiger partial charge in [0.1, 0.15) is 18.4 Å². The molecule has 0 saturated heterocycles. The van der Waals surface area contributed by atoms with Gasteiger partial charge in [-0.05, 0) is 54.7 Å². The van der Waals surface area contributed by atoms with Crippen LogP contribution in [0.2, 0.25) is 0 Å². The average Bonchev–Trinajstić information content (AvgIpc) is 3.54. The minimum atomic E-state index is -0.342. The van der Waals surface area contributed by atoms with Gasteiger partial charge in [-0.25, -0.2) is 9.78 Å². The van der Waals surface area contributed by atoms with E-state index < -0.39 is 0 Å². The van der Waals surface area contributed by atoms with E-state index in [1.807, 2.05) is 47.2 Å². The highest BCUT2D eigenvalue weighted by Gasteiger charge is 2.42. The Bertz CT molecular complexity index is 1160. The number of allylic oxidation sites excluding steroid dienone is 4. The molecule has 8 nitrogen and oxygen atoms in total. The largest absolute Gasteiger partial charge is 0.494 e. The van der Waals surface area contributed by atoms with Gasteiger partial charge in [0.05, 0.1) is 19.5 Å². The molecular formula is C27H31ClN4O4. The van der Waals surface area contributed by atoms with Crippen molar-refractivity contribution in [1.29, 1.82) is 0 Å². The highest BCUT2D eigenvalue weighted by molar-refractivity contribution is 6.29. The number of aromatic nitrogens is 2. The highest BCUT2D eigenvalue weighted by atomic mass is 35.5. The lowest BCUT2D eigenvalue weighted by Crippen LogP contribution is -2.42. The Morgan fingerprint density at radius 3 is 2.83 bits per heavy atom. The fourth-order valence-corrected chi connectivity index (χ4v) is 5.27. The number of hydrogen-bond donors (Lipinski definition) is 1. The van der Waals surface area contributed by atoms with Gasteiger partial charge in [-0.15, -0.1) is 0 Å². The molecular weight excluding hydrogens is 480 g/mol. The van der Waals surface area contributed by atoms with E-state index in [0.29, 0.717) is 19.8 Å². The molecule has 2 unspecified atom stereocenters. The number of ether oxygens (including phenoxy) is 3. The number of nitrogens with one attached hydrogen (secondary N) is 1. The van der Waals surface area contributed by atoms with E-state index in [1.165, 1.54) is 5.57 Å². The normalized spacial score (nSPS) is 20.8. The summed E-state index contributed by atoms with van der Waals surface area (Å²) in [6.07, 6.45) is 11.6. The van der Waals surface area contributed by atoms with Gasteiger partial charge >= 0.3 is 6.09 Å².